The highest BCUT2D eigenvalue weighted by Crippen LogP contribution is 2.39. The molecule has 4 aromatic rings. The highest BCUT2D eigenvalue weighted by molar-refractivity contribution is 7.80. The molecule has 1 unspecified atom stereocenters. The van der Waals surface area contributed by atoms with Gasteiger partial charge < -0.3 is 14.6 Å². The van der Waals surface area contributed by atoms with Crippen molar-refractivity contribution in [2.75, 3.05) is 11.5 Å². The molecule has 0 fully saturated rings. The minimum Gasteiger partial charge on any atom is -0.494 e. The molecule has 0 radical (unpaired) electrons. The molecule has 172 valence electrons. The van der Waals surface area contributed by atoms with Crippen LogP contribution in [0.4, 0.5) is 10.1 Å². The van der Waals surface area contributed by atoms with Crippen LogP contribution in [0.2, 0.25) is 0 Å². The minimum absolute atomic E-state index is 0.307. The first-order valence-corrected chi connectivity index (χ1v) is 12.0. The summed E-state index contributed by atoms with van der Waals surface area (Å²) in [5.41, 5.74) is 3.31. The lowest BCUT2D eigenvalue weighted by atomic mass is 9.94. The van der Waals surface area contributed by atoms with Crippen LogP contribution in [0.25, 0.3) is 16.3 Å². The Bertz CT molecular complexity index is 1330. The van der Waals surface area contributed by atoms with Gasteiger partial charge in [0.2, 0.25) is 5.82 Å². The van der Waals surface area contributed by atoms with Crippen molar-refractivity contribution in [1.82, 2.24) is 15.5 Å². The summed E-state index contributed by atoms with van der Waals surface area (Å²) in [5.74, 6) is 1.37. The maximum absolute atomic E-state index is 13.6. The number of aromatic nitrogens is 2. The van der Waals surface area contributed by atoms with Crippen LogP contribution < -0.4 is 15.0 Å². The number of halogens is 1. The summed E-state index contributed by atoms with van der Waals surface area (Å²) in [4.78, 5) is 7.52. The zero-order chi connectivity index (χ0) is 23.7. The smallest absolute Gasteiger partial charge is 0.258 e. The number of allylic oxidation sites excluding steroid dienone is 1. The molecule has 34 heavy (non-hydrogen) atoms. The first kappa shape index (κ1) is 22.2. The van der Waals surface area contributed by atoms with Crippen LogP contribution in [-0.2, 0) is 0 Å². The van der Waals surface area contributed by atoms with Gasteiger partial charge in [-0.15, -0.1) is 11.3 Å². The largest absolute Gasteiger partial charge is 0.494 e. The van der Waals surface area contributed by atoms with Crippen LogP contribution in [0.15, 0.2) is 76.3 Å². The molecular weight excluding hydrogens is 471 g/mol. The predicted octanol–water partition coefficient (Wildman–Crippen LogP) is 6.20. The first-order chi connectivity index (χ1) is 16.5. The monoisotopic (exact) mass is 492 g/mol. The second-order valence-corrected chi connectivity index (χ2v) is 8.93. The highest BCUT2D eigenvalue weighted by atomic mass is 32.1. The summed E-state index contributed by atoms with van der Waals surface area (Å²) in [6.07, 6.45) is 0. The predicted molar refractivity (Wildman–Crippen MR) is 135 cm³/mol. The van der Waals surface area contributed by atoms with E-state index in [0.29, 0.717) is 23.4 Å². The van der Waals surface area contributed by atoms with Crippen LogP contribution in [0, 0.1) is 5.82 Å². The van der Waals surface area contributed by atoms with Crippen LogP contribution in [0.1, 0.15) is 31.3 Å². The van der Waals surface area contributed by atoms with Gasteiger partial charge >= 0.3 is 0 Å². The zero-order valence-electron chi connectivity index (χ0n) is 18.5. The Kier molecular flexibility index (Phi) is 6.12. The number of nitrogens with one attached hydrogen (secondary N) is 1. The molecule has 0 saturated carbocycles. The maximum Gasteiger partial charge on any atom is 0.258 e. The van der Waals surface area contributed by atoms with E-state index < -0.39 is 0 Å². The molecule has 1 aliphatic heterocycles. The van der Waals surface area contributed by atoms with Crippen LogP contribution in [0.5, 0.6) is 5.75 Å². The molecule has 0 spiro atoms. The number of hydrogen-bond acceptors (Lipinski definition) is 6. The number of thiocarbonyl (C=S) groups is 1. The maximum atomic E-state index is 13.6. The van der Waals surface area contributed by atoms with Gasteiger partial charge in [-0.1, -0.05) is 23.4 Å². The quantitative estimate of drug-likeness (QED) is 0.321. The molecule has 1 N–H and O–H groups in total. The van der Waals surface area contributed by atoms with Gasteiger partial charge in [-0.05, 0) is 79.5 Å². The number of benzene rings is 2. The second kappa shape index (κ2) is 9.36. The summed E-state index contributed by atoms with van der Waals surface area (Å²) < 4.78 is 24.9. The Morgan fingerprint density at radius 1 is 1.15 bits per heavy atom. The Hall–Kier alpha value is -3.56. The molecule has 1 aliphatic rings. The van der Waals surface area contributed by atoms with E-state index in [1.54, 1.807) is 12.1 Å². The molecule has 5 rings (SSSR count). The molecule has 0 bridgehead atoms. The van der Waals surface area contributed by atoms with Gasteiger partial charge in [-0.3, -0.25) is 4.90 Å². The van der Waals surface area contributed by atoms with E-state index in [1.807, 2.05) is 60.5 Å². The molecule has 9 heteroatoms. The Balaban J connectivity index is 1.62. The second-order valence-electron chi connectivity index (χ2n) is 7.60. The lowest BCUT2D eigenvalue weighted by Gasteiger charge is -2.37. The normalized spacial score (nSPS) is 16.0. The van der Waals surface area contributed by atoms with Crippen molar-refractivity contribution in [3.63, 3.8) is 0 Å². The van der Waals surface area contributed by atoms with Crippen molar-refractivity contribution in [3.8, 4) is 16.5 Å². The van der Waals surface area contributed by atoms with Gasteiger partial charge in [-0.2, -0.15) is 4.98 Å². The van der Waals surface area contributed by atoms with Gasteiger partial charge in [0.15, 0.2) is 5.11 Å². The fraction of sp³-hybridized carbons (Fsp3) is 0.160. The molecule has 1 atom stereocenters. The van der Waals surface area contributed by atoms with Crippen LogP contribution in [0.3, 0.4) is 0 Å². The Morgan fingerprint density at radius 3 is 2.59 bits per heavy atom. The summed E-state index contributed by atoms with van der Waals surface area (Å²) in [5, 5.41) is 10.1. The van der Waals surface area contributed by atoms with Crippen molar-refractivity contribution in [2.24, 2.45) is 0 Å². The van der Waals surface area contributed by atoms with E-state index in [-0.39, 0.29) is 11.9 Å². The van der Waals surface area contributed by atoms with Crippen molar-refractivity contribution in [1.29, 1.82) is 0 Å². The van der Waals surface area contributed by atoms with Gasteiger partial charge in [0.1, 0.15) is 11.6 Å². The summed E-state index contributed by atoms with van der Waals surface area (Å²) in [7, 11) is 0. The van der Waals surface area contributed by atoms with E-state index >= 15 is 0 Å². The SMILES string of the molecule is CCOc1ccc(N2C(=S)NC(c3ccc(F)cc3)C(c3nc(-c4cccs4)no3)=C2C)cc1. The van der Waals surface area contributed by atoms with Crippen molar-refractivity contribution >= 4 is 39.9 Å². The van der Waals surface area contributed by atoms with E-state index in [9.17, 15) is 4.39 Å². The Morgan fingerprint density at radius 2 is 1.91 bits per heavy atom. The van der Waals surface area contributed by atoms with Crippen LogP contribution >= 0.6 is 23.6 Å². The van der Waals surface area contributed by atoms with E-state index in [1.165, 1.54) is 23.5 Å². The molecule has 2 aromatic heterocycles. The third kappa shape index (κ3) is 4.20. The van der Waals surface area contributed by atoms with Crippen LogP contribution in [-0.4, -0.2) is 21.9 Å². The number of nitrogens with zero attached hydrogens (tertiary/aromatic N) is 3. The first-order valence-electron chi connectivity index (χ1n) is 10.7. The van der Waals surface area contributed by atoms with E-state index in [2.05, 4.69) is 15.5 Å². The zero-order valence-corrected chi connectivity index (χ0v) is 20.1. The lowest BCUT2D eigenvalue weighted by Crippen LogP contribution is -2.46. The number of ether oxygens (including phenoxy) is 1. The van der Waals surface area contributed by atoms with Gasteiger partial charge in [0, 0.05) is 11.4 Å². The molecule has 0 saturated heterocycles. The number of rotatable bonds is 6. The fourth-order valence-corrected chi connectivity index (χ4v) is 4.94. The lowest BCUT2D eigenvalue weighted by molar-refractivity contribution is 0.340. The van der Waals surface area contributed by atoms with E-state index in [0.717, 1.165) is 33.1 Å². The summed E-state index contributed by atoms with van der Waals surface area (Å²) >= 11 is 7.29. The van der Waals surface area contributed by atoms with Gasteiger partial charge in [0.05, 0.1) is 23.1 Å². The molecular formula is C25H21FN4O2S2. The third-order valence-electron chi connectivity index (χ3n) is 5.49. The topological polar surface area (TPSA) is 63.4 Å². The minimum atomic E-state index is -0.385. The van der Waals surface area contributed by atoms with E-state index in [4.69, 9.17) is 21.5 Å². The molecule has 0 aliphatic carbocycles. The molecule has 2 aromatic carbocycles. The Labute approximate surface area is 205 Å². The summed E-state index contributed by atoms with van der Waals surface area (Å²) in [6.45, 7) is 4.50. The van der Waals surface area contributed by atoms with Crippen molar-refractivity contribution in [3.05, 3.63) is 89.0 Å². The summed E-state index contributed by atoms with van der Waals surface area (Å²) in [6, 6.07) is 17.5. The van der Waals surface area contributed by atoms with Crippen molar-refractivity contribution < 1.29 is 13.7 Å². The number of anilines is 1. The standard InChI is InChI=1S/C25H21FN4O2S2/c1-3-31-19-12-10-18(11-13-19)30-15(2)21(24-28-23(29-32-24)20-5-4-14-34-20)22(27-25(30)33)16-6-8-17(26)9-7-16/h4-14,22H,3H2,1-2H3,(H,27,33). The highest BCUT2D eigenvalue weighted by Gasteiger charge is 2.34. The molecule has 3 heterocycles. The fourth-order valence-electron chi connectivity index (χ4n) is 3.93. The van der Waals surface area contributed by atoms with Gasteiger partial charge in [-0.25, -0.2) is 4.39 Å². The number of thiophene rings is 1. The number of hydrogen-bond donors (Lipinski definition) is 1. The van der Waals surface area contributed by atoms with Crippen molar-refractivity contribution in [2.45, 2.75) is 19.9 Å². The van der Waals surface area contributed by atoms with Gasteiger partial charge in [0.25, 0.3) is 5.89 Å². The average molecular weight is 493 g/mol. The third-order valence-corrected chi connectivity index (χ3v) is 6.66. The average Bonchev–Trinajstić information content (AvgIpc) is 3.53. The molecule has 0 amide bonds. The molecule has 6 nitrogen and oxygen atoms in total.